The van der Waals surface area contributed by atoms with Crippen LogP contribution in [0.5, 0.6) is 5.75 Å². The molecule has 3 aromatic rings. The van der Waals surface area contributed by atoms with Gasteiger partial charge in [-0.15, -0.1) is 0 Å². The van der Waals surface area contributed by atoms with Gasteiger partial charge in [-0.2, -0.15) is 13.2 Å². The number of ether oxygens (including phenoxy) is 1. The summed E-state index contributed by atoms with van der Waals surface area (Å²) < 4.78 is 75.4. The molecule has 2 atom stereocenters. The molecule has 35 heavy (non-hydrogen) atoms. The lowest BCUT2D eigenvalue weighted by molar-refractivity contribution is -0.137. The predicted molar refractivity (Wildman–Crippen MR) is 125 cm³/mol. The van der Waals surface area contributed by atoms with Crippen molar-refractivity contribution in [3.8, 4) is 16.9 Å². The second-order valence-electron chi connectivity index (χ2n) is 9.89. The van der Waals surface area contributed by atoms with Crippen molar-refractivity contribution in [2.24, 2.45) is 0 Å². The van der Waals surface area contributed by atoms with Crippen LogP contribution in [-0.4, -0.2) is 10.7 Å². The summed E-state index contributed by atoms with van der Waals surface area (Å²) in [4.78, 5) is 0. The van der Waals surface area contributed by atoms with E-state index in [4.69, 9.17) is 4.74 Å². The van der Waals surface area contributed by atoms with Crippen molar-refractivity contribution in [3.05, 3.63) is 88.2 Å². The van der Waals surface area contributed by atoms with Gasteiger partial charge in [0.2, 0.25) is 0 Å². The van der Waals surface area contributed by atoms with Crippen molar-refractivity contribution < 1.29 is 31.8 Å². The number of halogens is 5. The van der Waals surface area contributed by atoms with Crippen LogP contribution in [0.25, 0.3) is 11.1 Å². The molecule has 0 saturated carbocycles. The predicted octanol–water partition coefficient (Wildman–Crippen LogP) is 8.29. The molecule has 4 rings (SSSR count). The van der Waals surface area contributed by atoms with Crippen molar-refractivity contribution in [2.75, 3.05) is 0 Å². The van der Waals surface area contributed by atoms with Gasteiger partial charge in [-0.3, -0.25) is 0 Å². The average Bonchev–Trinajstić information content (AvgIpc) is 2.76. The second kappa shape index (κ2) is 8.94. The van der Waals surface area contributed by atoms with E-state index in [9.17, 15) is 22.7 Å². The molecule has 0 bridgehead atoms. The number of aliphatic hydroxyl groups excluding tert-OH is 1. The van der Waals surface area contributed by atoms with E-state index in [0.717, 1.165) is 24.3 Å². The Balaban J connectivity index is 2.00. The van der Waals surface area contributed by atoms with Gasteiger partial charge in [-0.1, -0.05) is 38.1 Å². The first-order valence-electron chi connectivity index (χ1n) is 11.4. The summed E-state index contributed by atoms with van der Waals surface area (Å²) in [6.45, 7) is 7.45. The fraction of sp³-hybridized carbons (Fsp3) is 0.357. The van der Waals surface area contributed by atoms with Crippen LogP contribution in [-0.2, 0) is 6.18 Å². The van der Waals surface area contributed by atoms with Gasteiger partial charge in [0.15, 0.2) is 6.17 Å². The van der Waals surface area contributed by atoms with Crippen molar-refractivity contribution in [3.63, 3.8) is 0 Å². The Kier molecular flexibility index (Phi) is 6.43. The summed E-state index contributed by atoms with van der Waals surface area (Å²) in [6, 6.07) is 11.2. The monoisotopic (exact) mass is 490 g/mol. The lowest BCUT2D eigenvalue weighted by Crippen LogP contribution is -2.35. The number of rotatable bonds is 4. The molecule has 186 valence electrons. The summed E-state index contributed by atoms with van der Waals surface area (Å²) >= 11 is 0. The Labute approximate surface area is 201 Å². The van der Waals surface area contributed by atoms with Crippen molar-refractivity contribution >= 4 is 0 Å². The molecule has 0 fully saturated rings. The molecule has 1 heterocycles. The molecular weight excluding hydrogens is 463 g/mol. The molecule has 0 spiro atoms. The maximum atomic E-state index is 16.3. The highest BCUT2D eigenvalue weighted by Gasteiger charge is 2.38. The highest BCUT2D eigenvalue weighted by molar-refractivity contribution is 5.78. The summed E-state index contributed by atoms with van der Waals surface area (Å²) in [6.07, 6.45) is -7.05. The topological polar surface area (TPSA) is 29.5 Å². The minimum atomic E-state index is -4.53. The van der Waals surface area contributed by atoms with Crippen LogP contribution in [0.15, 0.2) is 54.6 Å². The van der Waals surface area contributed by atoms with E-state index in [1.807, 2.05) is 27.7 Å². The van der Waals surface area contributed by atoms with E-state index in [-0.39, 0.29) is 23.5 Å². The number of aliphatic hydroxyl groups is 1. The molecule has 0 radical (unpaired) electrons. The minimum absolute atomic E-state index is 0.0507. The van der Waals surface area contributed by atoms with Gasteiger partial charge in [0.1, 0.15) is 17.2 Å². The first-order valence-corrected chi connectivity index (χ1v) is 11.4. The van der Waals surface area contributed by atoms with E-state index >= 15 is 4.39 Å². The second-order valence-corrected chi connectivity index (χ2v) is 9.89. The quantitative estimate of drug-likeness (QED) is 0.373. The first kappa shape index (κ1) is 25.2. The van der Waals surface area contributed by atoms with Gasteiger partial charge in [0.05, 0.1) is 11.7 Å². The molecule has 1 aliphatic rings. The fourth-order valence-electron chi connectivity index (χ4n) is 4.72. The zero-order valence-electron chi connectivity index (χ0n) is 19.9. The van der Waals surface area contributed by atoms with E-state index in [1.54, 1.807) is 6.07 Å². The van der Waals surface area contributed by atoms with Gasteiger partial charge in [0, 0.05) is 17.5 Å². The van der Waals surface area contributed by atoms with Gasteiger partial charge >= 0.3 is 6.18 Å². The van der Waals surface area contributed by atoms with E-state index in [1.165, 1.54) is 24.3 Å². The summed E-state index contributed by atoms with van der Waals surface area (Å²) in [5.74, 6) is -0.227. The number of hydrogen-bond donors (Lipinski definition) is 1. The molecule has 0 amide bonds. The Morgan fingerprint density at radius 3 is 2.14 bits per heavy atom. The lowest BCUT2D eigenvalue weighted by atomic mass is 9.78. The first-order chi connectivity index (χ1) is 16.3. The molecule has 2 nitrogen and oxygen atoms in total. The number of fused-ring (bicyclic) bond motifs is 1. The highest BCUT2D eigenvalue weighted by Crippen LogP contribution is 2.51. The third-order valence-corrected chi connectivity index (χ3v) is 6.35. The van der Waals surface area contributed by atoms with E-state index in [0.29, 0.717) is 28.0 Å². The molecule has 0 unspecified atom stereocenters. The molecule has 0 aromatic heterocycles. The molecule has 1 N–H and O–H groups in total. The number of alkyl halides is 4. The van der Waals surface area contributed by atoms with Crippen molar-refractivity contribution in [1.29, 1.82) is 0 Å². The van der Waals surface area contributed by atoms with Crippen LogP contribution in [0.2, 0.25) is 0 Å². The Morgan fingerprint density at radius 1 is 1.00 bits per heavy atom. The average molecular weight is 491 g/mol. The van der Waals surface area contributed by atoms with Gasteiger partial charge in [-0.25, -0.2) is 8.78 Å². The zero-order valence-corrected chi connectivity index (χ0v) is 19.9. The SMILES string of the molecule is CC(C)c1cc2c(c(-c3ccc(F)cc3)c1[C@@H](F)c1ccc(C(F)(F)F)cc1)[C@@H](O)CC(C)(C)O2. The highest BCUT2D eigenvalue weighted by atomic mass is 19.4. The van der Waals surface area contributed by atoms with Crippen LogP contribution in [0.3, 0.4) is 0 Å². The molecule has 3 aromatic carbocycles. The maximum Gasteiger partial charge on any atom is 0.416 e. The van der Waals surface area contributed by atoms with Crippen molar-refractivity contribution in [2.45, 2.75) is 64.1 Å². The summed E-state index contributed by atoms with van der Waals surface area (Å²) in [7, 11) is 0. The van der Waals surface area contributed by atoms with Crippen LogP contribution in [0.1, 0.15) is 80.1 Å². The minimum Gasteiger partial charge on any atom is -0.487 e. The Morgan fingerprint density at radius 2 is 1.60 bits per heavy atom. The van der Waals surface area contributed by atoms with E-state index < -0.39 is 35.4 Å². The van der Waals surface area contributed by atoms with Crippen LogP contribution in [0.4, 0.5) is 22.0 Å². The summed E-state index contributed by atoms with van der Waals surface area (Å²) in [5.41, 5.74) is 0.601. The third-order valence-electron chi connectivity index (χ3n) is 6.35. The molecule has 1 aliphatic heterocycles. The van der Waals surface area contributed by atoms with Crippen LogP contribution < -0.4 is 4.74 Å². The summed E-state index contributed by atoms with van der Waals surface area (Å²) in [5, 5.41) is 11.1. The number of benzene rings is 3. The van der Waals surface area contributed by atoms with Gasteiger partial charge in [-0.05, 0) is 72.4 Å². The van der Waals surface area contributed by atoms with Crippen LogP contribution in [0, 0.1) is 5.82 Å². The standard InChI is InChI=1S/C28H27F5O2/c1-15(2)20-13-22-25(21(34)14-27(3,4)35-22)23(16-7-11-19(29)12-8-16)24(20)26(30)17-5-9-18(10-6-17)28(31,32)33/h5-13,15,21,26,34H,14H2,1-4H3/t21-,26-/m0/s1. The maximum absolute atomic E-state index is 16.3. The largest absolute Gasteiger partial charge is 0.487 e. The number of hydrogen-bond acceptors (Lipinski definition) is 2. The zero-order chi connectivity index (χ0) is 25.7. The van der Waals surface area contributed by atoms with E-state index in [2.05, 4.69) is 0 Å². The molecule has 0 saturated heterocycles. The van der Waals surface area contributed by atoms with Crippen molar-refractivity contribution in [1.82, 2.24) is 0 Å². The molecule has 0 aliphatic carbocycles. The molecular formula is C28H27F5O2. The Bertz CT molecular complexity index is 1210. The van der Waals surface area contributed by atoms with Gasteiger partial charge in [0.25, 0.3) is 0 Å². The fourth-order valence-corrected chi connectivity index (χ4v) is 4.72. The lowest BCUT2D eigenvalue weighted by Gasteiger charge is -2.38. The Hall–Kier alpha value is -2.93. The molecule has 7 heteroatoms. The third kappa shape index (κ3) is 4.92. The van der Waals surface area contributed by atoms with Gasteiger partial charge < -0.3 is 9.84 Å². The van der Waals surface area contributed by atoms with Crippen LogP contribution >= 0.6 is 0 Å². The smallest absolute Gasteiger partial charge is 0.416 e. The normalized spacial score (nSPS) is 18.2.